The molecule has 0 bridgehead atoms. The number of aromatic nitrogens is 3. The van der Waals surface area contributed by atoms with Crippen molar-refractivity contribution in [3.05, 3.63) is 24.5 Å². The molecule has 0 radical (unpaired) electrons. The summed E-state index contributed by atoms with van der Waals surface area (Å²) in [4.78, 5) is 11.4. The molecule has 0 atom stereocenters. The maximum Gasteiger partial charge on any atom is 0.274 e. The number of hydrogen-bond acceptors (Lipinski definition) is 7. The summed E-state index contributed by atoms with van der Waals surface area (Å²) in [7, 11) is -0.396. The van der Waals surface area contributed by atoms with Crippen LogP contribution in [0.4, 0.5) is 5.82 Å². The van der Waals surface area contributed by atoms with Gasteiger partial charge in [-0.05, 0) is 31.2 Å². The third kappa shape index (κ3) is 4.13. The molecule has 2 aromatic heterocycles. The van der Waals surface area contributed by atoms with Crippen LogP contribution in [0, 0.1) is 5.92 Å². The summed E-state index contributed by atoms with van der Waals surface area (Å²) in [6.07, 6.45) is 6.27. The molecule has 0 spiro atoms. The molecule has 1 aliphatic heterocycles. The van der Waals surface area contributed by atoms with Gasteiger partial charge in [0.2, 0.25) is 5.78 Å². The first-order valence-electron chi connectivity index (χ1n) is 9.80. The zero-order chi connectivity index (χ0) is 21.3. The maximum atomic E-state index is 11.0. The summed E-state index contributed by atoms with van der Waals surface area (Å²) in [5.41, 5.74) is 0.949. The lowest BCUT2D eigenvalue weighted by Gasteiger charge is -2.33. The van der Waals surface area contributed by atoms with E-state index in [1.807, 2.05) is 22.7 Å². The van der Waals surface area contributed by atoms with Gasteiger partial charge in [0.1, 0.15) is 5.82 Å². The van der Waals surface area contributed by atoms with Crippen molar-refractivity contribution < 1.29 is 17.9 Å². The van der Waals surface area contributed by atoms with E-state index in [0.29, 0.717) is 29.7 Å². The number of piperidine rings is 1. The molecule has 3 heterocycles. The molecule has 3 aromatic rings. The molecule has 0 unspecified atom stereocenters. The van der Waals surface area contributed by atoms with Crippen molar-refractivity contribution in [2.24, 2.45) is 11.1 Å². The molecule has 10 nitrogen and oxygen atoms in total. The summed E-state index contributed by atoms with van der Waals surface area (Å²) in [5.74, 6) is 3.23. The van der Waals surface area contributed by atoms with Crippen LogP contribution in [0.15, 0.2) is 24.5 Å². The minimum Gasteiger partial charge on any atom is -0.493 e. The highest BCUT2D eigenvalue weighted by Gasteiger charge is 2.24. The van der Waals surface area contributed by atoms with Crippen molar-refractivity contribution in [3.63, 3.8) is 0 Å². The molecule has 1 saturated heterocycles. The lowest BCUT2D eigenvalue weighted by atomic mass is 9.93. The number of methoxy groups -OCH3 is 2. The van der Waals surface area contributed by atoms with E-state index in [-0.39, 0.29) is 0 Å². The number of ether oxygens (including phenoxy) is 2. The summed E-state index contributed by atoms with van der Waals surface area (Å²) in [6.45, 7) is 2.02. The van der Waals surface area contributed by atoms with E-state index in [0.717, 1.165) is 49.1 Å². The van der Waals surface area contributed by atoms with Gasteiger partial charge in [0, 0.05) is 43.5 Å². The van der Waals surface area contributed by atoms with Gasteiger partial charge in [-0.25, -0.2) is 14.8 Å². The van der Waals surface area contributed by atoms with Crippen LogP contribution >= 0.6 is 0 Å². The number of nitrogens with one attached hydrogen (secondary N) is 1. The Kier molecular flexibility index (Phi) is 5.67. The average molecular weight is 435 g/mol. The lowest BCUT2D eigenvalue weighted by molar-refractivity contribution is 0.355. The first-order valence-corrected chi connectivity index (χ1v) is 11.4. The van der Waals surface area contributed by atoms with E-state index in [9.17, 15) is 8.42 Å². The SMILES string of the molecule is COc1cc2c(N3CCC(CCNS(N)(=O)=O)CC3)nc3nccn3c2cc1OC. The predicted molar refractivity (Wildman–Crippen MR) is 114 cm³/mol. The van der Waals surface area contributed by atoms with Crippen LogP contribution in [0.1, 0.15) is 19.3 Å². The van der Waals surface area contributed by atoms with Crippen LogP contribution in [-0.2, 0) is 10.2 Å². The number of imidazole rings is 1. The Labute approximate surface area is 175 Å². The van der Waals surface area contributed by atoms with Crippen LogP contribution in [0.25, 0.3) is 16.7 Å². The number of nitrogens with zero attached hydrogens (tertiary/aromatic N) is 4. The highest BCUT2D eigenvalue weighted by atomic mass is 32.2. The lowest BCUT2D eigenvalue weighted by Crippen LogP contribution is -2.37. The number of anilines is 1. The molecular weight excluding hydrogens is 408 g/mol. The molecule has 1 fully saturated rings. The molecule has 0 saturated carbocycles. The molecule has 4 rings (SSSR count). The summed E-state index contributed by atoms with van der Waals surface area (Å²) < 4.78 is 37.4. The number of hydrogen-bond donors (Lipinski definition) is 2. The van der Waals surface area contributed by atoms with E-state index in [1.54, 1.807) is 20.4 Å². The first-order chi connectivity index (χ1) is 14.4. The van der Waals surface area contributed by atoms with E-state index in [2.05, 4.69) is 14.6 Å². The topological polar surface area (TPSA) is 124 Å². The predicted octanol–water partition coefficient (Wildman–Crippen LogP) is 1.30. The van der Waals surface area contributed by atoms with Crippen molar-refractivity contribution in [2.75, 3.05) is 38.8 Å². The van der Waals surface area contributed by atoms with E-state index in [4.69, 9.17) is 19.6 Å². The van der Waals surface area contributed by atoms with E-state index in [1.165, 1.54) is 0 Å². The second-order valence-electron chi connectivity index (χ2n) is 7.42. The van der Waals surface area contributed by atoms with Gasteiger partial charge in [0.05, 0.1) is 19.7 Å². The van der Waals surface area contributed by atoms with E-state index < -0.39 is 10.2 Å². The molecule has 0 aliphatic carbocycles. The number of nitrogens with two attached hydrogens (primary N) is 1. The fraction of sp³-hybridized carbons (Fsp3) is 0.474. The molecule has 0 amide bonds. The Morgan fingerprint density at radius 1 is 1.20 bits per heavy atom. The summed E-state index contributed by atoms with van der Waals surface area (Å²) in [5, 5.41) is 5.97. The van der Waals surface area contributed by atoms with Gasteiger partial charge < -0.3 is 14.4 Å². The molecule has 11 heteroatoms. The van der Waals surface area contributed by atoms with Gasteiger partial charge >= 0.3 is 0 Å². The Morgan fingerprint density at radius 2 is 1.90 bits per heavy atom. The van der Waals surface area contributed by atoms with Gasteiger partial charge in [0.25, 0.3) is 10.2 Å². The van der Waals surface area contributed by atoms with Crippen molar-refractivity contribution >= 4 is 32.7 Å². The summed E-state index contributed by atoms with van der Waals surface area (Å²) in [6, 6.07) is 3.90. The van der Waals surface area contributed by atoms with Crippen LogP contribution in [0.5, 0.6) is 11.5 Å². The third-order valence-electron chi connectivity index (χ3n) is 5.60. The van der Waals surface area contributed by atoms with Crippen LogP contribution in [0.3, 0.4) is 0 Å². The van der Waals surface area contributed by atoms with E-state index >= 15 is 0 Å². The fourth-order valence-electron chi connectivity index (χ4n) is 4.05. The number of rotatable bonds is 7. The Morgan fingerprint density at radius 3 is 2.57 bits per heavy atom. The van der Waals surface area contributed by atoms with Crippen molar-refractivity contribution in [1.29, 1.82) is 0 Å². The van der Waals surface area contributed by atoms with Gasteiger partial charge in [-0.3, -0.25) is 4.40 Å². The molecular formula is C19H26N6O4S. The Balaban J connectivity index is 1.61. The second-order valence-corrected chi connectivity index (χ2v) is 8.79. The van der Waals surface area contributed by atoms with Crippen LogP contribution < -0.4 is 24.2 Å². The monoisotopic (exact) mass is 434 g/mol. The minimum atomic E-state index is -3.63. The van der Waals surface area contributed by atoms with Gasteiger partial charge in [-0.1, -0.05) is 0 Å². The van der Waals surface area contributed by atoms with Gasteiger partial charge in [-0.2, -0.15) is 13.4 Å². The van der Waals surface area contributed by atoms with Crippen molar-refractivity contribution in [2.45, 2.75) is 19.3 Å². The normalized spacial score (nSPS) is 15.8. The molecule has 162 valence electrons. The minimum absolute atomic E-state index is 0.363. The number of fused-ring (bicyclic) bond motifs is 3. The fourth-order valence-corrected chi connectivity index (χ4v) is 4.45. The first kappa shape index (κ1) is 20.6. The van der Waals surface area contributed by atoms with Gasteiger partial charge in [0.15, 0.2) is 11.5 Å². The zero-order valence-corrected chi connectivity index (χ0v) is 17.9. The largest absolute Gasteiger partial charge is 0.493 e. The molecule has 1 aliphatic rings. The third-order valence-corrected chi connectivity index (χ3v) is 6.21. The highest BCUT2D eigenvalue weighted by molar-refractivity contribution is 7.87. The molecule has 30 heavy (non-hydrogen) atoms. The van der Waals surface area contributed by atoms with Gasteiger partial charge in [-0.15, -0.1) is 0 Å². The Bertz CT molecular complexity index is 1150. The average Bonchev–Trinajstić information content (AvgIpc) is 3.20. The standard InChI is InChI=1S/C19H26N6O4S/c1-28-16-11-14-15(12-17(16)29-2)25-10-7-21-19(25)23-18(14)24-8-4-13(5-9-24)3-6-22-30(20,26)27/h7,10-13,22H,3-6,8-9H2,1-2H3,(H2,20,26,27). The summed E-state index contributed by atoms with van der Waals surface area (Å²) >= 11 is 0. The molecule has 1 aromatic carbocycles. The van der Waals surface area contributed by atoms with Crippen LogP contribution in [-0.4, -0.2) is 56.6 Å². The smallest absolute Gasteiger partial charge is 0.274 e. The zero-order valence-electron chi connectivity index (χ0n) is 17.0. The molecule has 3 N–H and O–H groups in total. The van der Waals surface area contributed by atoms with Crippen LogP contribution in [0.2, 0.25) is 0 Å². The quantitative estimate of drug-likeness (QED) is 0.574. The van der Waals surface area contributed by atoms with Crippen molar-refractivity contribution in [3.8, 4) is 11.5 Å². The highest BCUT2D eigenvalue weighted by Crippen LogP contribution is 2.37. The second kappa shape index (κ2) is 8.25. The Hall–Kier alpha value is -2.63. The van der Waals surface area contributed by atoms with Crippen molar-refractivity contribution in [1.82, 2.24) is 19.1 Å². The number of benzene rings is 1. The maximum absolute atomic E-state index is 11.0.